The highest BCUT2D eigenvalue weighted by atomic mass is 32.2. The Bertz CT molecular complexity index is 4100. The summed E-state index contributed by atoms with van der Waals surface area (Å²) in [6.45, 7) is 14.2. The maximum Gasteiger partial charge on any atom is 0.297 e. The van der Waals surface area contributed by atoms with Gasteiger partial charge in [0.25, 0.3) is 20.2 Å². The first-order chi connectivity index (χ1) is 45.4. The van der Waals surface area contributed by atoms with Crippen molar-refractivity contribution < 1.29 is 88.0 Å². The number of hydrogen-bond acceptors (Lipinski definition) is 20. The van der Waals surface area contributed by atoms with E-state index in [9.17, 15) is 60.7 Å². The van der Waals surface area contributed by atoms with Crippen molar-refractivity contribution in [2.75, 3.05) is 118 Å². The molecule has 2 N–H and O–H groups in total. The summed E-state index contributed by atoms with van der Waals surface area (Å²) in [5.74, 6) is 0. The average Bonchev–Trinajstić information content (AvgIpc) is 0.836. The number of nitrogens with zero attached hydrogens (tertiary/aromatic N) is 4. The van der Waals surface area contributed by atoms with Crippen LogP contribution in [-0.2, 0) is 87.6 Å². The molecule has 0 amide bonds. The fourth-order valence-electron chi connectivity index (χ4n) is 9.00. The summed E-state index contributed by atoms with van der Waals surface area (Å²) in [7, 11) is -24.7. The fraction of sp³-hybridized carbons (Fsp3) is 0.394. The van der Waals surface area contributed by atoms with Crippen molar-refractivity contribution in [3.05, 3.63) is 204 Å². The molecular formula is C66H88N4O20S6. The fourth-order valence-corrected chi connectivity index (χ4v) is 16.5. The highest BCUT2D eigenvalue weighted by Gasteiger charge is 2.32. The molecule has 0 spiro atoms. The van der Waals surface area contributed by atoms with Crippen molar-refractivity contribution in [2.24, 2.45) is 0 Å². The molecule has 0 bridgehead atoms. The van der Waals surface area contributed by atoms with E-state index in [0.717, 1.165) is 50.6 Å². The van der Waals surface area contributed by atoms with Gasteiger partial charge in [-0.05, 0) is 114 Å². The molecule has 0 radical (unpaired) electrons. The van der Waals surface area contributed by atoms with Crippen LogP contribution in [0, 0.1) is 41.5 Å². The third kappa shape index (κ3) is 24.8. The molecule has 0 saturated carbocycles. The van der Waals surface area contributed by atoms with E-state index < -0.39 is 98.9 Å². The van der Waals surface area contributed by atoms with Gasteiger partial charge in [0.2, 0.25) is 40.1 Å². The van der Waals surface area contributed by atoms with E-state index in [2.05, 4.69) is 13.2 Å². The Balaban J connectivity index is 0.000000380. The summed E-state index contributed by atoms with van der Waals surface area (Å²) in [4.78, 5) is -0.0859. The molecule has 0 aliphatic carbocycles. The molecule has 6 rings (SSSR count). The molecule has 0 aliphatic rings. The topological polar surface area (TPSA) is 314 Å². The lowest BCUT2D eigenvalue weighted by Crippen LogP contribution is -2.43. The van der Waals surface area contributed by atoms with Crippen molar-refractivity contribution in [3.63, 3.8) is 0 Å². The van der Waals surface area contributed by atoms with Crippen LogP contribution in [-0.4, -0.2) is 209 Å². The minimum Gasteiger partial charge on any atom is -0.395 e. The number of rotatable bonds is 42. The molecule has 0 heterocycles. The Morgan fingerprint density at radius 3 is 0.854 bits per heavy atom. The van der Waals surface area contributed by atoms with E-state index in [1.165, 1.54) is 78.9 Å². The number of ether oxygens (including phenoxy) is 4. The van der Waals surface area contributed by atoms with Gasteiger partial charge in [-0.15, -0.1) is 13.2 Å². The quantitative estimate of drug-likeness (QED) is 0.0233. The molecule has 30 heteroatoms. The first-order valence-electron chi connectivity index (χ1n) is 30.4. The third-order valence-electron chi connectivity index (χ3n) is 14.4. The van der Waals surface area contributed by atoms with Crippen LogP contribution >= 0.6 is 0 Å². The van der Waals surface area contributed by atoms with E-state index in [1.54, 1.807) is 107 Å². The molecule has 2 unspecified atom stereocenters. The number of hydrogen-bond donors (Lipinski definition) is 2. The second kappa shape index (κ2) is 38.4. The Kier molecular flexibility index (Phi) is 32.3. The Hall–Kier alpha value is -5.98. The minimum absolute atomic E-state index is 0.0160. The molecular weight excluding hydrogens is 1360 g/mol. The molecule has 0 saturated heterocycles. The van der Waals surface area contributed by atoms with Gasteiger partial charge >= 0.3 is 0 Å². The van der Waals surface area contributed by atoms with Crippen molar-refractivity contribution >= 4 is 60.3 Å². The second-order valence-corrected chi connectivity index (χ2v) is 33.0. The van der Waals surface area contributed by atoms with Gasteiger partial charge < -0.3 is 29.2 Å². The van der Waals surface area contributed by atoms with E-state index in [-0.39, 0.29) is 121 Å². The maximum absolute atomic E-state index is 14.0. The lowest BCUT2D eigenvalue weighted by atomic mass is 10.2. The lowest BCUT2D eigenvalue weighted by molar-refractivity contribution is -0.0212. The number of benzene rings is 6. The van der Waals surface area contributed by atoms with Gasteiger partial charge in [-0.1, -0.05) is 118 Å². The molecule has 0 aliphatic heterocycles. The summed E-state index contributed by atoms with van der Waals surface area (Å²) >= 11 is 0. The molecule has 528 valence electrons. The van der Waals surface area contributed by atoms with Crippen LogP contribution in [0.1, 0.15) is 33.4 Å². The molecule has 6 aromatic carbocycles. The van der Waals surface area contributed by atoms with Gasteiger partial charge in [-0.25, -0.2) is 33.7 Å². The molecule has 0 aromatic heterocycles. The second-order valence-electron chi connectivity index (χ2n) is 22.0. The van der Waals surface area contributed by atoms with Crippen LogP contribution in [0.3, 0.4) is 0 Å². The smallest absolute Gasteiger partial charge is 0.297 e. The van der Waals surface area contributed by atoms with Gasteiger partial charge in [0, 0.05) is 52.4 Å². The first-order valence-corrected chi connectivity index (χ1v) is 39.0. The van der Waals surface area contributed by atoms with Crippen molar-refractivity contribution in [1.29, 1.82) is 0 Å². The zero-order valence-corrected chi connectivity index (χ0v) is 59.7. The van der Waals surface area contributed by atoms with E-state index in [1.807, 2.05) is 13.8 Å². The zero-order valence-electron chi connectivity index (χ0n) is 54.8. The highest BCUT2D eigenvalue weighted by Crippen LogP contribution is 2.24. The summed E-state index contributed by atoms with van der Waals surface area (Å²) in [5, 5.41) is 19.0. The van der Waals surface area contributed by atoms with E-state index in [0.29, 0.717) is 0 Å². The Morgan fingerprint density at radius 2 is 0.573 bits per heavy atom. The largest absolute Gasteiger partial charge is 0.395 e. The predicted octanol–water partition coefficient (Wildman–Crippen LogP) is 6.56. The van der Waals surface area contributed by atoms with Crippen molar-refractivity contribution in [3.8, 4) is 0 Å². The molecule has 96 heavy (non-hydrogen) atoms. The lowest BCUT2D eigenvalue weighted by Gasteiger charge is -2.28. The van der Waals surface area contributed by atoms with E-state index in [4.69, 9.17) is 27.3 Å². The molecule has 0 fully saturated rings. The van der Waals surface area contributed by atoms with Gasteiger partial charge in [0.15, 0.2) is 0 Å². The molecule has 6 aromatic rings. The number of aliphatic hydroxyl groups excluding tert-OH is 2. The van der Waals surface area contributed by atoms with Crippen LogP contribution in [0.4, 0.5) is 0 Å². The zero-order chi connectivity index (χ0) is 70.7. The normalized spacial score (nSPS) is 13.2. The van der Waals surface area contributed by atoms with Crippen molar-refractivity contribution in [1.82, 2.24) is 17.2 Å². The highest BCUT2D eigenvalue weighted by molar-refractivity contribution is 7.90. The number of sulfonamides is 4. The monoisotopic (exact) mass is 1450 g/mol. The Morgan fingerprint density at radius 1 is 0.344 bits per heavy atom. The van der Waals surface area contributed by atoms with Crippen LogP contribution < -0.4 is 0 Å². The van der Waals surface area contributed by atoms with E-state index >= 15 is 0 Å². The van der Waals surface area contributed by atoms with Crippen LogP contribution in [0.15, 0.2) is 200 Å². The van der Waals surface area contributed by atoms with Crippen molar-refractivity contribution in [2.45, 2.75) is 83.1 Å². The summed E-state index contributed by atoms with van der Waals surface area (Å²) in [6, 6.07) is 37.1. The summed E-state index contributed by atoms with van der Waals surface area (Å²) in [6.07, 6.45) is 1.26. The average molecular weight is 1450 g/mol. The SMILES string of the molecule is C=CCOCC(CN(CCO)S(=O)(=O)c1ccc(C)cc1)OCCN(CCO)S(=O)(=O)c1ccc(C)cc1.C=CCOCC(CN(CCOS(=O)(=O)c1ccc(C)cc1)S(=O)(=O)c1ccc(C)cc1)OCCN(CCOS(=O)(=O)c1ccc(C)cc1)S(=O)(=O)c1ccc(C)cc1. The number of aryl methyl sites for hydroxylation is 6. The van der Waals surface area contributed by atoms with Gasteiger partial charge in [0.05, 0.1) is 108 Å². The van der Waals surface area contributed by atoms with Crippen LogP contribution in [0.2, 0.25) is 0 Å². The van der Waals surface area contributed by atoms with Crippen LogP contribution in [0.5, 0.6) is 0 Å². The summed E-state index contributed by atoms with van der Waals surface area (Å²) in [5.41, 5.74) is 5.15. The predicted molar refractivity (Wildman–Crippen MR) is 364 cm³/mol. The minimum atomic E-state index is -4.26. The third-order valence-corrected chi connectivity index (χ3v) is 24.6. The number of aliphatic hydroxyl groups is 2. The van der Waals surface area contributed by atoms with Gasteiger partial charge in [-0.3, -0.25) is 8.37 Å². The van der Waals surface area contributed by atoms with Gasteiger partial charge in [0.1, 0.15) is 0 Å². The standard InChI is InChI=1S/C40H50N2O12S4.C26H38N2O8S2/c1-6-26-51-31-36(30-42(56(45,46)38-17-9-33(3)10-18-38)25-29-54-58(49,50)40-21-13-35(5)14-22-40)52-27-23-41(55(43,44)37-15-7-32(2)8-16-37)24-28-53-57(47,48)39-19-11-34(4)12-20-39;1-4-18-35-21-24(20-28(14-17-30)38(33,34)26-11-7-23(3)8-12-26)36-19-15-27(13-16-29)37(31,32)25-9-5-22(2)6-10-25/h6-22,36H,1,23-31H2,2-5H3;4-12,24,29-30H,1,13-21H2,2-3H3. The summed E-state index contributed by atoms with van der Waals surface area (Å²) < 4.78 is 198. The molecule has 2 atom stereocenters. The van der Waals surface area contributed by atoms with Crippen LogP contribution in [0.25, 0.3) is 0 Å². The van der Waals surface area contributed by atoms with Gasteiger partial charge in [-0.2, -0.15) is 34.1 Å². The first kappa shape index (κ1) is 80.7. The maximum atomic E-state index is 14.0. The Labute approximate surface area is 567 Å². The molecule has 24 nitrogen and oxygen atoms in total.